The molecule has 1 heterocycles. The highest BCUT2D eigenvalue weighted by Gasteiger charge is 2.26. The van der Waals surface area contributed by atoms with E-state index < -0.39 is 20.4 Å². The Hall–Kier alpha value is -2.45. The molecular formula is C19H23N3O4S. The van der Waals surface area contributed by atoms with Gasteiger partial charge in [0.05, 0.1) is 4.92 Å². The molecule has 0 amide bonds. The minimum atomic E-state index is -3.70. The first-order chi connectivity index (χ1) is 12.8. The van der Waals surface area contributed by atoms with Crippen LogP contribution in [0.5, 0.6) is 0 Å². The second-order valence-electron chi connectivity index (χ2n) is 6.80. The van der Waals surface area contributed by atoms with Crippen LogP contribution in [0.4, 0.5) is 17.1 Å². The zero-order valence-electron chi connectivity index (χ0n) is 15.2. The fourth-order valence-electron chi connectivity index (χ4n) is 3.31. The van der Waals surface area contributed by atoms with Crippen molar-refractivity contribution in [1.82, 2.24) is 4.90 Å². The number of rotatable bonds is 7. The Balaban J connectivity index is 1.76. The van der Waals surface area contributed by atoms with Crippen molar-refractivity contribution in [3.05, 3.63) is 58.1 Å². The smallest absolute Gasteiger partial charge is 0.311 e. The zero-order chi connectivity index (χ0) is 19.4. The van der Waals surface area contributed by atoms with Gasteiger partial charge < -0.3 is 10.2 Å². The maximum atomic E-state index is 11.9. The molecule has 2 aromatic carbocycles. The molecule has 1 aliphatic rings. The zero-order valence-corrected chi connectivity index (χ0v) is 16.0. The summed E-state index contributed by atoms with van der Waals surface area (Å²) in [5, 5.41) is 14.4. The molecule has 144 valence electrons. The molecule has 2 aromatic rings. The SMILES string of the molecule is CS(=O)(=O)c1cccc(Nc2ccc(CCN3CCCC3)cc2)c1[N+](=O)[O-]. The van der Waals surface area contributed by atoms with Crippen molar-refractivity contribution >= 4 is 26.9 Å². The summed E-state index contributed by atoms with van der Waals surface area (Å²) < 4.78 is 23.7. The molecule has 1 saturated heterocycles. The molecule has 1 N–H and O–H groups in total. The van der Waals surface area contributed by atoms with Gasteiger partial charge in [0.15, 0.2) is 9.84 Å². The number of para-hydroxylation sites is 1. The maximum Gasteiger partial charge on any atom is 0.311 e. The predicted octanol–water partition coefficient (Wildman–Crippen LogP) is 3.38. The average Bonchev–Trinajstić information content (AvgIpc) is 3.13. The highest BCUT2D eigenvalue weighted by Crippen LogP contribution is 2.33. The number of nitro groups is 1. The summed E-state index contributed by atoms with van der Waals surface area (Å²) in [6, 6.07) is 12.0. The Kier molecular flexibility index (Phi) is 5.76. The number of sulfone groups is 1. The van der Waals surface area contributed by atoms with Gasteiger partial charge in [-0.1, -0.05) is 18.2 Å². The summed E-state index contributed by atoms with van der Waals surface area (Å²) in [6.45, 7) is 3.37. The summed E-state index contributed by atoms with van der Waals surface area (Å²) in [7, 11) is -3.70. The van der Waals surface area contributed by atoms with Crippen molar-refractivity contribution in [1.29, 1.82) is 0 Å². The lowest BCUT2D eigenvalue weighted by molar-refractivity contribution is -0.386. The van der Waals surface area contributed by atoms with Crippen LogP contribution in [0.15, 0.2) is 47.4 Å². The van der Waals surface area contributed by atoms with Crippen molar-refractivity contribution in [3.8, 4) is 0 Å². The average molecular weight is 389 g/mol. The van der Waals surface area contributed by atoms with E-state index in [4.69, 9.17) is 0 Å². The van der Waals surface area contributed by atoms with Crippen LogP contribution >= 0.6 is 0 Å². The van der Waals surface area contributed by atoms with Crippen LogP contribution in [0.2, 0.25) is 0 Å². The van der Waals surface area contributed by atoms with Gasteiger partial charge >= 0.3 is 5.69 Å². The van der Waals surface area contributed by atoms with Gasteiger partial charge in [-0.3, -0.25) is 10.1 Å². The van der Waals surface area contributed by atoms with Crippen molar-refractivity contribution in [2.75, 3.05) is 31.2 Å². The molecule has 0 bridgehead atoms. The number of nitrogens with zero attached hydrogens (tertiary/aromatic N) is 2. The Morgan fingerprint density at radius 3 is 2.37 bits per heavy atom. The van der Waals surface area contributed by atoms with E-state index in [1.165, 1.54) is 49.7 Å². The molecule has 0 spiro atoms. The highest BCUT2D eigenvalue weighted by atomic mass is 32.2. The molecule has 3 rings (SSSR count). The van der Waals surface area contributed by atoms with Gasteiger partial charge in [0.2, 0.25) is 0 Å². The Bertz CT molecular complexity index is 920. The van der Waals surface area contributed by atoms with E-state index in [0.717, 1.165) is 19.2 Å². The second-order valence-corrected chi connectivity index (χ2v) is 8.79. The van der Waals surface area contributed by atoms with E-state index in [1.54, 1.807) is 0 Å². The van der Waals surface area contributed by atoms with Crippen LogP contribution in [0, 0.1) is 10.1 Å². The van der Waals surface area contributed by atoms with Gasteiger partial charge in [-0.25, -0.2) is 8.42 Å². The molecule has 0 atom stereocenters. The van der Waals surface area contributed by atoms with Gasteiger partial charge in [-0.15, -0.1) is 0 Å². The molecule has 8 heteroatoms. The van der Waals surface area contributed by atoms with Crippen LogP contribution in [-0.4, -0.2) is 44.1 Å². The van der Waals surface area contributed by atoms with Crippen LogP contribution in [0.1, 0.15) is 18.4 Å². The molecule has 1 fully saturated rings. The third kappa shape index (κ3) is 4.84. The van der Waals surface area contributed by atoms with Gasteiger partial charge in [0.1, 0.15) is 10.6 Å². The van der Waals surface area contributed by atoms with E-state index in [-0.39, 0.29) is 10.6 Å². The van der Waals surface area contributed by atoms with E-state index in [9.17, 15) is 18.5 Å². The first kappa shape index (κ1) is 19.3. The third-order valence-electron chi connectivity index (χ3n) is 4.73. The van der Waals surface area contributed by atoms with Gasteiger partial charge in [-0.05, 0) is 62.2 Å². The largest absolute Gasteiger partial charge is 0.350 e. The number of hydrogen-bond acceptors (Lipinski definition) is 6. The molecular weight excluding hydrogens is 366 g/mol. The number of nitro benzene ring substituents is 1. The fourth-order valence-corrected chi connectivity index (χ4v) is 4.18. The lowest BCUT2D eigenvalue weighted by Gasteiger charge is -2.14. The highest BCUT2D eigenvalue weighted by molar-refractivity contribution is 7.90. The molecule has 0 aliphatic carbocycles. The summed E-state index contributed by atoms with van der Waals surface area (Å²) in [5.41, 5.74) is 1.60. The lowest BCUT2D eigenvalue weighted by atomic mass is 10.1. The standard InChI is InChI=1S/C19H23N3O4S/c1-27(25,26)18-6-4-5-17(19(18)22(23)24)20-16-9-7-15(8-10-16)11-14-21-12-2-3-13-21/h4-10,20H,2-3,11-14H2,1H3. The van der Waals surface area contributed by atoms with E-state index in [1.807, 2.05) is 24.3 Å². The van der Waals surface area contributed by atoms with Crippen molar-refractivity contribution in [2.24, 2.45) is 0 Å². The second kappa shape index (κ2) is 8.06. The van der Waals surface area contributed by atoms with E-state index in [0.29, 0.717) is 5.69 Å². The molecule has 0 unspecified atom stereocenters. The first-order valence-corrected chi connectivity index (χ1v) is 10.8. The number of likely N-dealkylation sites (tertiary alicyclic amines) is 1. The Labute approximate surface area is 159 Å². The number of benzene rings is 2. The first-order valence-electron chi connectivity index (χ1n) is 8.90. The fraction of sp³-hybridized carbons (Fsp3) is 0.368. The molecule has 7 nitrogen and oxygen atoms in total. The monoisotopic (exact) mass is 389 g/mol. The molecule has 1 aliphatic heterocycles. The summed E-state index contributed by atoms with van der Waals surface area (Å²) in [5.74, 6) is 0. The van der Waals surface area contributed by atoms with Crippen LogP contribution < -0.4 is 5.32 Å². The van der Waals surface area contributed by atoms with E-state index in [2.05, 4.69) is 10.2 Å². The van der Waals surface area contributed by atoms with Crippen molar-refractivity contribution in [3.63, 3.8) is 0 Å². The predicted molar refractivity (Wildman–Crippen MR) is 105 cm³/mol. The van der Waals surface area contributed by atoms with Crippen LogP contribution in [0.25, 0.3) is 0 Å². The quantitative estimate of drug-likeness (QED) is 0.576. The minimum Gasteiger partial charge on any atom is -0.350 e. The topological polar surface area (TPSA) is 92.6 Å². The van der Waals surface area contributed by atoms with E-state index >= 15 is 0 Å². The lowest BCUT2D eigenvalue weighted by Crippen LogP contribution is -2.21. The number of hydrogen-bond donors (Lipinski definition) is 1. The van der Waals surface area contributed by atoms with Crippen LogP contribution in [-0.2, 0) is 16.3 Å². The molecule has 0 aromatic heterocycles. The van der Waals surface area contributed by atoms with Gasteiger partial charge in [0, 0.05) is 18.5 Å². The number of anilines is 2. The van der Waals surface area contributed by atoms with Crippen molar-refractivity contribution < 1.29 is 13.3 Å². The maximum absolute atomic E-state index is 11.9. The minimum absolute atomic E-state index is 0.160. The third-order valence-corrected chi connectivity index (χ3v) is 5.86. The molecule has 0 saturated carbocycles. The molecule has 0 radical (unpaired) electrons. The Morgan fingerprint density at radius 2 is 1.78 bits per heavy atom. The van der Waals surface area contributed by atoms with Gasteiger partial charge in [0.25, 0.3) is 0 Å². The summed E-state index contributed by atoms with van der Waals surface area (Å²) >= 11 is 0. The molecule has 27 heavy (non-hydrogen) atoms. The van der Waals surface area contributed by atoms with Gasteiger partial charge in [-0.2, -0.15) is 0 Å². The Morgan fingerprint density at radius 1 is 1.11 bits per heavy atom. The van der Waals surface area contributed by atoms with Crippen LogP contribution in [0.3, 0.4) is 0 Å². The number of nitrogens with one attached hydrogen (secondary N) is 1. The summed E-state index contributed by atoms with van der Waals surface area (Å²) in [4.78, 5) is 12.9. The summed E-state index contributed by atoms with van der Waals surface area (Å²) in [6.07, 6.45) is 4.47. The normalized spacial score (nSPS) is 15.0. The van der Waals surface area contributed by atoms with Crippen molar-refractivity contribution in [2.45, 2.75) is 24.2 Å².